The minimum absolute atomic E-state index is 0.165. The third-order valence-electron chi connectivity index (χ3n) is 3.89. The molecule has 3 aromatic rings. The number of hydrogen-bond donors (Lipinski definition) is 3. The number of fused-ring (bicyclic) bond motifs is 1. The monoisotopic (exact) mass is 326 g/mol. The summed E-state index contributed by atoms with van der Waals surface area (Å²) in [5.41, 5.74) is 2.62. The zero-order chi connectivity index (χ0) is 16.9. The van der Waals surface area contributed by atoms with Crippen molar-refractivity contribution in [3.8, 4) is 0 Å². The summed E-state index contributed by atoms with van der Waals surface area (Å²) >= 11 is 0. The third-order valence-corrected chi connectivity index (χ3v) is 3.89. The van der Waals surface area contributed by atoms with Crippen molar-refractivity contribution in [2.75, 3.05) is 6.54 Å². The van der Waals surface area contributed by atoms with E-state index in [1.807, 2.05) is 31.3 Å². The number of hydrogen-bond acceptors (Lipinski definition) is 2. The summed E-state index contributed by atoms with van der Waals surface area (Å²) in [6.07, 6.45) is 4.21. The van der Waals surface area contributed by atoms with Crippen LogP contribution in [0.5, 0.6) is 0 Å². The van der Waals surface area contributed by atoms with Crippen LogP contribution in [-0.4, -0.2) is 22.5 Å². The fraction of sp³-hybridized carbons (Fsp3) is 0.222. The lowest BCUT2D eigenvalue weighted by Crippen LogP contribution is -2.38. The smallest absolute Gasteiger partial charge is 0.315 e. The van der Waals surface area contributed by atoms with Crippen molar-refractivity contribution in [2.24, 2.45) is 0 Å². The van der Waals surface area contributed by atoms with Crippen molar-refractivity contribution in [1.29, 1.82) is 0 Å². The molecule has 0 fully saturated rings. The van der Waals surface area contributed by atoms with Crippen LogP contribution in [0.4, 0.5) is 9.18 Å². The average Bonchev–Trinajstić information content (AvgIpc) is 2.97. The van der Waals surface area contributed by atoms with E-state index in [0.717, 1.165) is 22.2 Å². The highest BCUT2D eigenvalue weighted by molar-refractivity contribution is 5.83. The van der Waals surface area contributed by atoms with Gasteiger partial charge in [-0.05, 0) is 49.2 Å². The molecule has 3 N–H and O–H groups in total. The van der Waals surface area contributed by atoms with Gasteiger partial charge in [-0.3, -0.25) is 4.98 Å². The van der Waals surface area contributed by atoms with Crippen LogP contribution in [0, 0.1) is 5.82 Å². The van der Waals surface area contributed by atoms with E-state index in [2.05, 4.69) is 20.6 Å². The molecule has 0 radical (unpaired) electrons. The molecule has 0 saturated heterocycles. The van der Waals surface area contributed by atoms with Gasteiger partial charge in [0.05, 0.1) is 11.7 Å². The quantitative estimate of drug-likeness (QED) is 0.673. The van der Waals surface area contributed by atoms with Gasteiger partial charge in [0.15, 0.2) is 0 Å². The van der Waals surface area contributed by atoms with Crippen LogP contribution in [-0.2, 0) is 6.42 Å². The molecule has 6 heteroatoms. The summed E-state index contributed by atoms with van der Waals surface area (Å²) in [4.78, 5) is 19.2. The Kier molecular flexibility index (Phi) is 4.74. The number of carbonyl (C=O) groups is 1. The number of nitrogens with one attached hydrogen (secondary N) is 3. The molecule has 0 bridgehead atoms. The van der Waals surface area contributed by atoms with Crippen molar-refractivity contribution in [2.45, 2.75) is 19.4 Å². The zero-order valence-corrected chi connectivity index (χ0v) is 13.3. The maximum absolute atomic E-state index is 13.2. The summed E-state index contributed by atoms with van der Waals surface area (Å²) < 4.78 is 13.2. The molecule has 124 valence electrons. The summed E-state index contributed by atoms with van der Waals surface area (Å²) in [5.74, 6) is -0.267. The molecule has 0 aliphatic heterocycles. The van der Waals surface area contributed by atoms with E-state index in [-0.39, 0.29) is 17.9 Å². The van der Waals surface area contributed by atoms with Crippen molar-refractivity contribution >= 4 is 16.9 Å². The van der Waals surface area contributed by atoms with Crippen molar-refractivity contribution < 1.29 is 9.18 Å². The Hall–Kier alpha value is -2.89. The van der Waals surface area contributed by atoms with Gasteiger partial charge in [0.2, 0.25) is 0 Å². The van der Waals surface area contributed by atoms with Crippen LogP contribution in [0.25, 0.3) is 10.9 Å². The Morgan fingerprint density at radius 1 is 1.33 bits per heavy atom. The van der Waals surface area contributed by atoms with Crippen LogP contribution >= 0.6 is 0 Å². The second-order valence-electron chi connectivity index (χ2n) is 5.63. The van der Waals surface area contributed by atoms with Gasteiger partial charge in [0.25, 0.3) is 0 Å². The van der Waals surface area contributed by atoms with Gasteiger partial charge in [-0.1, -0.05) is 6.07 Å². The summed E-state index contributed by atoms with van der Waals surface area (Å²) in [5, 5.41) is 6.66. The van der Waals surface area contributed by atoms with Crippen molar-refractivity contribution in [3.05, 3.63) is 65.9 Å². The first-order valence-electron chi connectivity index (χ1n) is 7.84. The lowest BCUT2D eigenvalue weighted by atomic mass is 10.1. The summed E-state index contributed by atoms with van der Waals surface area (Å²) in [6.45, 7) is 2.38. The SMILES string of the molecule is C[C@H](NC(=O)NCCc1c[nH]c2cc(F)ccc12)c1ccccn1. The number of pyridine rings is 1. The molecule has 3 rings (SSSR count). The molecule has 2 heterocycles. The molecule has 2 aromatic heterocycles. The standard InChI is InChI=1S/C18H19FN4O/c1-12(16-4-2-3-8-20-16)23-18(24)21-9-7-13-11-22-17-10-14(19)5-6-15(13)17/h2-6,8,10-12,22H,7,9H2,1H3,(H2,21,23,24)/t12-/m0/s1. The predicted octanol–water partition coefficient (Wildman–Crippen LogP) is 3.30. The van der Waals surface area contributed by atoms with E-state index in [1.54, 1.807) is 12.3 Å². The average molecular weight is 326 g/mol. The van der Waals surface area contributed by atoms with Crippen molar-refractivity contribution in [3.63, 3.8) is 0 Å². The van der Waals surface area contributed by atoms with E-state index in [4.69, 9.17) is 0 Å². The molecule has 2 amide bonds. The van der Waals surface area contributed by atoms with E-state index < -0.39 is 0 Å². The Bertz CT molecular complexity index is 831. The third kappa shape index (κ3) is 3.71. The second kappa shape index (κ2) is 7.12. The first kappa shape index (κ1) is 16.0. The van der Waals surface area contributed by atoms with E-state index in [0.29, 0.717) is 13.0 Å². The highest BCUT2D eigenvalue weighted by Crippen LogP contribution is 2.19. The number of rotatable bonds is 5. The Morgan fingerprint density at radius 2 is 2.21 bits per heavy atom. The molecule has 1 atom stereocenters. The number of halogens is 1. The second-order valence-corrected chi connectivity index (χ2v) is 5.63. The molecule has 24 heavy (non-hydrogen) atoms. The molecule has 0 saturated carbocycles. The number of urea groups is 1. The molecular weight excluding hydrogens is 307 g/mol. The molecule has 0 aliphatic rings. The van der Waals surface area contributed by atoms with Gasteiger partial charge >= 0.3 is 6.03 Å². The van der Waals surface area contributed by atoms with Crippen LogP contribution in [0.1, 0.15) is 24.2 Å². The van der Waals surface area contributed by atoms with Gasteiger partial charge in [-0.15, -0.1) is 0 Å². The van der Waals surface area contributed by atoms with Crippen molar-refractivity contribution in [1.82, 2.24) is 20.6 Å². The fourth-order valence-electron chi connectivity index (χ4n) is 2.63. The van der Waals surface area contributed by atoms with Crippen LogP contribution < -0.4 is 10.6 Å². The predicted molar refractivity (Wildman–Crippen MR) is 91.1 cm³/mol. The number of nitrogens with zero attached hydrogens (tertiary/aromatic N) is 1. The lowest BCUT2D eigenvalue weighted by Gasteiger charge is -2.14. The van der Waals surface area contributed by atoms with Crippen LogP contribution in [0.3, 0.4) is 0 Å². The number of amides is 2. The highest BCUT2D eigenvalue weighted by atomic mass is 19.1. The number of carbonyl (C=O) groups excluding carboxylic acids is 1. The van der Waals surface area contributed by atoms with Crippen LogP contribution in [0.2, 0.25) is 0 Å². The maximum atomic E-state index is 13.2. The van der Waals surface area contributed by atoms with Gasteiger partial charge in [-0.2, -0.15) is 0 Å². The van der Waals surface area contributed by atoms with Gasteiger partial charge < -0.3 is 15.6 Å². The number of benzene rings is 1. The molecule has 1 aromatic carbocycles. The lowest BCUT2D eigenvalue weighted by molar-refractivity contribution is 0.238. The summed E-state index contributed by atoms with van der Waals surface area (Å²) in [6, 6.07) is 9.85. The van der Waals surface area contributed by atoms with E-state index in [9.17, 15) is 9.18 Å². The molecule has 0 unspecified atom stereocenters. The largest absolute Gasteiger partial charge is 0.361 e. The molecule has 0 spiro atoms. The first-order chi connectivity index (χ1) is 11.6. The minimum Gasteiger partial charge on any atom is -0.361 e. The van der Waals surface area contributed by atoms with E-state index >= 15 is 0 Å². The van der Waals surface area contributed by atoms with Crippen LogP contribution in [0.15, 0.2) is 48.8 Å². The molecule has 0 aliphatic carbocycles. The summed E-state index contributed by atoms with van der Waals surface area (Å²) in [7, 11) is 0. The topological polar surface area (TPSA) is 69.8 Å². The number of aromatic amines is 1. The van der Waals surface area contributed by atoms with Gasteiger partial charge in [0.1, 0.15) is 5.82 Å². The molecule has 5 nitrogen and oxygen atoms in total. The zero-order valence-electron chi connectivity index (χ0n) is 13.3. The molecular formula is C18H19FN4O. The Morgan fingerprint density at radius 3 is 3.00 bits per heavy atom. The Labute approximate surface area is 139 Å². The minimum atomic E-state index is -0.267. The fourth-order valence-corrected chi connectivity index (χ4v) is 2.63. The first-order valence-corrected chi connectivity index (χ1v) is 7.84. The number of H-pyrrole nitrogens is 1. The van der Waals surface area contributed by atoms with E-state index in [1.165, 1.54) is 12.1 Å². The number of aromatic nitrogens is 2. The normalized spacial score (nSPS) is 12.1. The van der Waals surface area contributed by atoms with Gasteiger partial charge in [0, 0.05) is 29.8 Å². The highest BCUT2D eigenvalue weighted by Gasteiger charge is 2.10. The van der Waals surface area contributed by atoms with Gasteiger partial charge in [-0.25, -0.2) is 9.18 Å². The Balaban J connectivity index is 1.51. The maximum Gasteiger partial charge on any atom is 0.315 e.